The number of benzene rings is 4. The second kappa shape index (κ2) is 8.59. The number of nitrogens with zero attached hydrogens (tertiary/aromatic N) is 2. The molecule has 0 unspecified atom stereocenters. The highest BCUT2D eigenvalue weighted by Gasteiger charge is 2.24. The summed E-state index contributed by atoms with van der Waals surface area (Å²) in [4.78, 5) is 0. The average Bonchev–Trinajstić information content (AvgIpc) is 3.23. The van der Waals surface area contributed by atoms with E-state index in [-0.39, 0.29) is 24.0 Å². The number of fused-ring (bicyclic) bond motifs is 2. The Morgan fingerprint density at radius 3 is 2.10 bits per heavy atom. The fourth-order valence-corrected chi connectivity index (χ4v) is 4.23. The lowest BCUT2D eigenvalue weighted by atomic mass is 9.91. The summed E-state index contributed by atoms with van der Waals surface area (Å²) in [5.41, 5.74) is 3.07. The number of aromatic nitrogens is 2. The standard InChI is InChI=1S/C26H23N2O2.HI/c1-27-14-15-28(17-27)22-16-19-9-5-7-11-21(19)25(26(22)30-3)24-20-10-6-4-8-18(20)12-13-23(24)29-2;/h4-17H,1-3H3;1H/q+1;/p-1. The first-order valence-electron chi connectivity index (χ1n) is 9.90. The van der Waals surface area contributed by atoms with E-state index in [9.17, 15) is 0 Å². The molecular formula is C26H23IN2O2. The maximum Gasteiger partial charge on any atom is 0.248 e. The highest BCUT2D eigenvalue weighted by Crippen LogP contribution is 2.46. The van der Waals surface area contributed by atoms with Crippen LogP contribution in [0.15, 0.2) is 85.5 Å². The van der Waals surface area contributed by atoms with Crippen molar-refractivity contribution in [3.05, 3.63) is 85.5 Å². The normalized spacial score (nSPS) is 10.8. The fourth-order valence-electron chi connectivity index (χ4n) is 4.23. The SMILES string of the molecule is COc1ccc2ccccc2c1-c1c(OC)c(-[n+]2ccn(C)c2)cc2ccccc12.[I-]. The average molecular weight is 522 g/mol. The summed E-state index contributed by atoms with van der Waals surface area (Å²) in [7, 11) is 5.47. The molecule has 0 N–H and O–H groups in total. The van der Waals surface area contributed by atoms with Crippen molar-refractivity contribution in [1.82, 2.24) is 4.57 Å². The van der Waals surface area contributed by atoms with Crippen molar-refractivity contribution in [1.29, 1.82) is 0 Å². The van der Waals surface area contributed by atoms with Gasteiger partial charge in [0.2, 0.25) is 6.33 Å². The zero-order valence-electron chi connectivity index (χ0n) is 17.7. The molecular weight excluding hydrogens is 499 g/mol. The van der Waals surface area contributed by atoms with E-state index in [2.05, 4.69) is 65.2 Å². The van der Waals surface area contributed by atoms with E-state index in [0.29, 0.717) is 0 Å². The number of rotatable bonds is 4. The van der Waals surface area contributed by atoms with Gasteiger partial charge in [0.1, 0.15) is 18.1 Å². The molecule has 4 aromatic carbocycles. The van der Waals surface area contributed by atoms with Gasteiger partial charge >= 0.3 is 0 Å². The number of hydrogen-bond donors (Lipinski definition) is 0. The lowest BCUT2D eigenvalue weighted by Crippen LogP contribution is -3.00. The number of methoxy groups -OCH3 is 2. The second-order valence-electron chi connectivity index (χ2n) is 7.38. The van der Waals surface area contributed by atoms with Crippen LogP contribution in [0.5, 0.6) is 11.5 Å². The van der Waals surface area contributed by atoms with Crippen LogP contribution in [0.2, 0.25) is 0 Å². The molecule has 1 aromatic heterocycles. The molecule has 31 heavy (non-hydrogen) atoms. The van der Waals surface area contributed by atoms with Crippen molar-refractivity contribution in [2.75, 3.05) is 14.2 Å². The smallest absolute Gasteiger partial charge is 0.248 e. The topological polar surface area (TPSA) is 27.3 Å². The van der Waals surface area contributed by atoms with Gasteiger partial charge in [0, 0.05) is 11.1 Å². The van der Waals surface area contributed by atoms with Crippen molar-refractivity contribution in [2.24, 2.45) is 7.05 Å². The van der Waals surface area contributed by atoms with Crippen LogP contribution in [0, 0.1) is 0 Å². The molecule has 0 atom stereocenters. The van der Waals surface area contributed by atoms with E-state index >= 15 is 0 Å². The summed E-state index contributed by atoms with van der Waals surface area (Å²) in [5.74, 6) is 1.65. The Morgan fingerprint density at radius 2 is 1.45 bits per heavy atom. The van der Waals surface area contributed by atoms with Gasteiger partial charge < -0.3 is 33.5 Å². The number of ether oxygens (including phenoxy) is 2. The number of hydrogen-bond acceptors (Lipinski definition) is 2. The maximum absolute atomic E-state index is 6.07. The fraction of sp³-hybridized carbons (Fsp3) is 0.115. The first-order chi connectivity index (χ1) is 14.7. The molecule has 1 heterocycles. The van der Waals surface area contributed by atoms with E-state index in [1.807, 2.05) is 36.4 Å². The Bertz CT molecular complexity index is 1390. The molecule has 0 aliphatic carbocycles. The van der Waals surface area contributed by atoms with Gasteiger partial charge in [0.05, 0.1) is 21.3 Å². The largest absolute Gasteiger partial charge is 1.00 e. The van der Waals surface area contributed by atoms with Crippen LogP contribution >= 0.6 is 0 Å². The zero-order chi connectivity index (χ0) is 20.7. The predicted molar refractivity (Wildman–Crippen MR) is 120 cm³/mol. The molecule has 156 valence electrons. The highest BCUT2D eigenvalue weighted by molar-refractivity contribution is 6.10. The second-order valence-corrected chi connectivity index (χ2v) is 7.38. The Hall–Kier alpha value is -3.06. The number of aryl methyl sites for hydroxylation is 1. The monoisotopic (exact) mass is 522 g/mol. The maximum atomic E-state index is 6.07. The summed E-state index contributed by atoms with van der Waals surface area (Å²) in [6, 6.07) is 23.1. The number of imidazole rings is 1. The van der Waals surface area contributed by atoms with Crippen LogP contribution < -0.4 is 38.0 Å². The van der Waals surface area contributed by atoms with Crippen LogP contribution in [-0.2, 0) is 7.05 Å². The third kappa shape index (κ3) is 3.53. The van der Waals surface area contributed by atoms with Crippen LogP contribution in [0.25, 0.3) is 38.4 Å². The van der Waals surface area contributed by atoms with Gasteiger partial charge in [-0.2, -0.15) is 4.57 Å². The van der Waals surface area contributed by atoms with Crippen LogP contribution in [0.3, 0.4) is 0 Å². The van der Waals surface area contributed by atoms with Crippen molar-refractivity contribution >= 4 is 21.5 Å². The van der Waals surface area contributed by atoms with Crippen LogP contribution in [-0.4, -0.2) is 18.8 Å². The van der Waals surface area contributed by atoms with Gasteiger partial charge in [-0.15, -0.1) is 0 Å². The molecule has 5 rings (SSSR count). The zero-order valence-corrected chi connectivity index (χ0v) is 19.8. The molecule has 5 aromatic rings. The van der Waals surface area contributed by atoms with E-state index < -0.39 is 0 Å². The molecule has 0 aliphatic rings. The van der Waals surface area contributed by atoms with Crippen molar-refractivity contribution in [3.63, 3.8) is 0 Å². The summed E-state index contributed by atoms with van der Waals surface area (Å²) in [6.45, 7) is 0. The van der Waals surface area contributed by atoms with Gasteiger partial charge in [-0.1, -0.05) is 54.6 Å². The van der Waals surface area contributed by atoms with Crippen molar-refractivity contribution in [3.8, 4) is 28.3 Å². The highest BCUT2D eigenvalue weighted by atomic mass is 127. The third-order valence-electron chi connectivity index (χ3n) is 5.59. The van der Waals surface area contributed by atoms with Gasteiger partial charge in [0.25, 0.3) is 0 Å². The van der Waals surface area contributed by atoms with Crippen molar-refractivity contribution < 1.29 is 38.0 Å². The first-order valence-corrected chi connectivity index (χ1v) is 9.90. The molecule has 0 saturated heterocycles. The molecule has 0 radical (unpaired) electrons. The lowest BCUT2D eigenvalue weighted by Gasteiger charge is -2.19. The quantitative estimate of drug-likeness (QED) is 0.268. The summed E-state index contributed by atoms with van der Waals surface area (Å²) in [6.07, 6.45) is 6.10. The van der Waals surface area contributed by atoms with Crippen LogP contribution in [0.4, 0.5) is 0 Å². The molecule has 0 saturated carbocycles. The van der Waals surface area contributed by atoms with Gasteiger partial charge in [-0.05, 0) is 33.7 Å². The summed E-state index contributed by atoms with van der Waals surface area (Å²) in [5, 5.41) is 4.58. The minimum absolute atomic E-state index is 0. The molecule has 0 fully saturated rings. The minimum atomic E-state index is 0. The Balaban J connectivity index is 0.00000231. The summed E-state index contributed by atoms with van der Waals surface area (Å²) >= 11 is 0. The molecule has 4 nitrogen and oxygen atoms in total. The third-order valence-corrected chi connectivity index (χ3v) is 5.59. The molecule has 0 spiro atoms. The van der Waals surface area contributed by atoms with Gasteiger partial charge in [-0.25, -0.2) is 4.57 Å². The summed E-state index contributed by atoms with van der Waals surface area (Å²) < 4.78 is 16.0. The van der Waals surface area contributed by atoms with Gasteiger partial charge in [0.15, 0.2) is 11.4 Å². The van der Waals surface area contributed by atoms with E-state index in [4.69, 9.17) is 9.47 Å². The molecule has 5 heteroatoms. The molecule has 0 aliphatic heterocycles. The lowest BCUT2D eigenvalue weighted by molar-refractivity contribution is -0.595. The Kier molecular flexibility index (Phi) is 5.87. The number of halogens is 1. The van der Waals surface area contributed by atoms with E-state index in [1.165, 1.54) is 0 Å². The molecule has 0 bridgehead atoms. The van der Waals surface area contributed by atoms with E-state index in [0.717, 1.165) is 49.9 Å². The minimum Gasteiger partial charge on any atom is -1.00 e. The predicted octanol–water partition coefficient (Wildman–Crippen LogP) is 2.30. The van der Waals surface area contributed by atoms with Crippen LogP contribution in [0.1, 0.15) is 0 Å². The Labute approximate surface area is 198 Å². The van der Waals surface area contributed by atoms with Gasteiger partial charge in [-0.3, -0.25) is 0 Å². The molecule has 0 amide bonds. The van der Waals surface area contributed by atoms with Crippen molar-refractivity contribution in [2.45, 2.75) is 0 Å². The Morgan fingerprint density at radius 1 is 0.774 bits per heavy atom. The van der Waals surface area contributed by atoms with E-state index in [1.54, 1.807) is 14.2 Å². The first kappa shape index (κ1) is 21.2.